The Bertz CT molecular complexity index is 1040. The summed E-state index contributed by atoms with van der Waals surface area (Å²) in [6.45, 7) is 1.07. The van der Waals surface area contributed by atoms with Crippen LogP contribution in [0.1, 0.15) is 29.3 Å². The second kappa shape index (κ2) is 8.18. The molecular formula is C22H19F2N3OS. The number of thiazole rings is 1. The second-order valence-electron chi connectivity index (χ2n) is 6.93. The van der Waals surface area contributed by atoms with Crippen LogP contribution in [0.15, 0.2) is 41.8 Å². The lowest BCUT2D eigenvalue weighted by atomic mass is 9.96. The number of rotatable bonds is 4. The average molecular weight is 411 g/mol. The molecule has 0 aliphatic carbocycles. The van der Waals surface area contributed by atoms with Crippen LogP contribution in [-0.2, 0) is 0 Å². The molecule has 7 heteroatoms. The van der Waals surface area contributed by atoms with E-state index in [4.69, 9.17) is 15.0 Å². The molecule has 0 saturated carbocycles. The lowest BCUT2D eigenvalue weighted by Crippen LogP contribution is -2.34. The first-order valence-electron chi connectivity index (χ1n) is 9.33. The van der Waals surface area contributed by atoms with Gasteiger partial charge in [0, 0.05) is 30.0 Å². The number of piperidine rings is 1. The van der Waals surface area contributed by atoms with Crippen LogP contribution in [0.3, 0.4) is 0 Å². The van der Waals surface area contributed by atoms with E-state index in [1.165, 1.54) is 0 Å². The Morgan fingerprint density at radius 1 is 1.17 bits per heavy atom. The van der Waals surface area contributed by atoms with Crippen molar-refractivity contribution in [1.82, 2.24) is 4.98 Å². The number of para-hydroxylation sites is 1. The first-order valence-corrected chi connectivity index (χ1v) is 10.2. The highest BCUT2D eigenvalue weighted by molar-refractivity contribution is 7.10. The zero-order valence-corrected chi connectivity index (χ0v) is 16.7. The molecule has 0 spiro atoms. The van der Waals surface area contributed by atoms with Crippen LogP contribution in [0.2, 0.25) is 0 Å². The van der Waals surface area contributed by atoms with E-state index in [1.807, 2.05) is 29.6 Å². The molecule has 1 aromatic heterocycles. The fourth-order valence-electron chi connectivity index (χ4n) is 3.74. The number of aromatic nitrogens is 1. The van der Waals surface area contributed by atoms with Crippen LogP contribution in [0.5, 0.6) is 5.75 Å². The number of nitriles is 1. The standard InChI is InChI=1S/C22H19F2N3OS/c1-28-20-5-3-2-4-16(20)19-13-29-22(26-19)15-6-8-27(9-7-15)21-17(23)10-14(12-25)11-18(21)24/h2-5,10-11,13,15H,6-9H2,1H3. The molecule has 0 atom stereocenters. The van der Waals surface area contributed by atoms with E-state index in [0.29, 0.717) is 13.1 Å². The van der Waals surface area contributed by atoms with Crippen LogP contribution >= 0.6 is 11.3 Å². The quantitative estimate of drug-likeness (QED) is 0.580. The highest BCUT2D eigenvalue weighted by atomic mass is 32.1. The summed E-state index contributed by atoms with van der Waals surface area (Å²) in [7, 11) is 1.64. The molecule has 29 heavy (non-hydrogen) atoms. The van der Waals surface area contributed by atoms with Gasteiger partial charge in [-0.2, -0.15) is 5.26 Å². The third kappa shape index (κ3) is 3.81. The van der Waals surface area contributed by atoms with E-state index in [0.717, 1.165) is 47.0 Å². The van der Waals surface area contributed by atoms with Crippen molar-refractivity contribution in [2.24, 2.45) is 0 Å². The van der Waals surface area contributed by atoms with Crippen molar-refractivity contribution in [3.05, 3.63) is 64.0 Å². The van der Waals surface area contributed by atoms with Crippen molar-refractivity contribution in [1.29, 1.82) is 5.26 Å². The summed E-state index contributed by atoms with van der Waals surface area (Å²) < 4.78 is 34.0. The van der Waals surface area contributed by atoms with Gasteiger partial charge in [-0.3, -0.25) is 0 Å². The molecule has 1 fully saturated rings. The van der Waals surface area contributed by atoms with Gasteiger partial charge in [0.1, 0.15) is 11.4 Å². The maximum atomic E-state index is 14.3. The summed E-state index contributed by atoms with van der Waals surface area (Å²) in [4.78, 5) is 6.52. The van der Waals surface area contributed by atoms with Crippen molar-refractivity contribution in [2.75, 3.05) is 25.1 Å². The summed E-state index contributed by atoms with van der Waals surface area (Å²) in [6.07, 6.45) is 1.52. The SMILES string of the molecule is COc1ccccc1-c1csc(C2CCN(c3c(F)cc(C#N)cc3F)CC2)n1. The van der Waals surface area contributed by atoms with Gasteiger partial charge >= 0.3 is 0 Å². The minimum absolute atomic E-state index is 0.00899. The summed E-state index contributed by atoms with van der Waals surface area (Å²) in [5, 5.41) is 11.9. The van der Waals surface area contributed by atoms with Gasteiger partial charge in [0.2, 0.25) is 0 Å². The molecule has 0 bridgehead atoms. The monoisotopic (exact) mass is 411 g/mol. The molecule has 0 N–H and O–H groups in total. The number of anilines is 1. The first-order chi connectivity index (χ1) is 14.1. The molecule has 0 amide bonds. The molecular weight excluding hydrogens is 392 g/mol. The van der Waals surface area contributed by atoms with Crippen molar-refractivity contribution in [3.63, 3.8) is 0 Å². The molecule has 2 heterocycles. The minimum Gasteiger partial charge on any atom is -0.496 e. The van der Waals surface area contributed by atoms with Crippen LogP contribution in [0.25, 0.3) is 11.3 Å². The van der Waals surface area contributed by atoms with Gasteiger partial charge in [-0.15, -0.1) is 11.3 Å². The molecule has 3 aromatic rings. The molecule has 4 nitrogen and oxygen atoms in total. The minimum atomic E-state index is -0.687. The van der Waals surface area contributed by atoms with E-state index < -0.39 is 11.6 Å². The van der Waals surface area contributed by atoms with Crippen LogP contribution in [0.4, 0.5) is 14.5 Å². The lowest BCUT2D eigenvalue weighted by Gasteiger charge is -2.33. The van der Waals surface area contributed by atoms with Gasteiger partial charge in [0.05, 0.1) is 29.4 Å². The Balaban J connectivity index is 1.49. The number of methoxy groups -OCH3 is 1. The fourth-order valence-corrected chi connectivity index (χ4v) is 4.73. The van der Waals surface area contributed by atoms with E-state index in [-0.39, 0.29) is 17.2 Å². The number of hydrogen-bond donors (Lipinski definition) is 0. The van der Waals surface area contributed by atoms with E-state index in [2.05, 4.69) is 0 Å². The zero-order chi connectivity index (χ0) is 20.4. The predicted octanol–water partition coefficient (Wildman–Crippen LogP) is 5.35. The number of ether oxygens (including phenoxy) is 1. The molecule has 1 saturated heterocycles. The Kier molecular flexibility index (Phi) is 5.45. The van der Waals surface area contributed by atoms with Gasteiger partial charge in [-0.1, -0.05) is 12.1 Å². The number of nitrogens with zero attached hydrogens (tertiary/aromatic N) is 3. The van der Waals surface area contributed by atoms with Crippen LogP contribution in [-0.4, -0.2) is 25.2 Å². The normalized spacial score (nSPS) is 14.6. The second-order valence-corrected chi connectivity index (χ2v) is 7.82. The van der Waals surface area contributed by atoms with Crippen molar-refractivity contribution in [3.8, 4) is 23.1 Å². The Morgan fingerprint density at radius 3 is 2.52 bits per heavy atom. The Morgan fingerprint density at radius 2 is 1.86 bits per heavy atom. The third-order valence-corrected chi connectivity index (χ3v) is 6.22. The van der Waals surface area contributed by atoms with Gasteiger partial charge in [-0.05, 0) is 37.1 Å². The molecule has 2 aromatic carbocycles. The molecule has 4 rings (SSSR count). The third-order valence-electron chi connectivity index (χ3n) is 5.21. The Labute approximate surface area is 172 Å². The first kappa shape index (κ1) is 19.3. The van der Waals surface area contributed by atoms with Crippen LogP contribution < -0.4 is 9.64 Å². The smallest absolute Gasteiger partial charge is 0.150 e. The maximum Gasteiger partial charge on any atom is 0.150 e. The van der Waals surface area contributed by atoms with Crippen molar-refractivity contribution < 1.29 is 13.5 Å². The number of halogens is 2. The largest absolute Gasteiger partial charge is 0.496 e. The summed E-state index contributed by atoms with van der Waals surface area (Å²) in [5.41, 5.74) is 1.78. The number of hydrogen-bond acceptors (Lipinski definition) is 5. The summed E-state index contributed by atoms with van der Waals surface area (Å²) >= 11 is 1.61. The maximum absolute atomic E-state index is 14.3. The highest BCUT2D eigenvalue weighted by Crippen LogP contribution is 2.37. The Hall–Kier alpha value is -2.98. The van der Waals surface area contributed by atoms with E-state index >= 15 is 0 Å². The van der Waals surface area contributed by atoms with Gasteiger partial charge in [0.15, 0.2) is 11.6 Å². The predicted molar refractivity (Wildman–Crippen MR) is 109 cm³/mol. The molecule has 1 aliphatic heterocycles. The fraction of sp³-hybridized carbons (Fsp3) is 0.273. The van der Waals surface area contributed by atoms with Gasteiger partial charge in [0.25, 0.3) is 0 Å². The molecule has 1 aliphatic rings. The lowest BCUT2D eigenvalue weighted by molar-refractivity contribution is 0.416. The van der Waals surface area contributed by atoms with Gasteiger partial charge < -0.3 is 9.64 Å². The highest BCUT2D eigenvalue weighted by Gasteiger charge is 2.27. The topological polar surface area (TPSA) is 49.1 Å². The summed E-state index contributed by atoms with van der Waals surface area (Å²) in [5.74, 6) is -0.337. The molecule has 0 unspecified atom stereocenters. The average Bonchev–Trinajstić information content (AvgIpc) is 3.23. The van der Waals surface area contributed by atoms with Crippen LogP contribution in [0, 0.1) is 23.0 Å². The number of benzene rings is 2. The van der Waals surface area contributed by atoms with E-state index in [1.54, 1.807) is 29.4 Å². The van der Waals surface area contributed by atoms with E-state index in [9.17, 15) is 8.78 Å². The summed E-state index contributed by atoms with van der Waals surface area (Å²) in [6, 6.07) is 11.7. The molecule has 148 valence electrons. The van der Waals surface area contributed by atoms with Gasteiger partial charge in [-0.25, -0.2) is 13.8 Å². The van der Waals surface area contributed by atoms with Crippen molar-refractivity contribution >= 4 is 17.0 Å². The zero-order valence-electron chi connectivity index (χ0n) is 15.9. The molecule has 0 radical (unpaired) electrons. The van der Waals surface area contributed by atoms with Crippen molar-refractivity contribution in [2.45, 2.75) is 18.8 Å².